The number of phenols is 1. The molecule has 6 heteroatoms. The Bertz CT molecular complexity index is 547. The predicted octanol–water partition coefficient (Wildman–Crippen LogP) is 1.28. The molecule has 20 heavy (non-hydrogen) atoms. The van der Waals surface area contributed by atoms with E-state index >= 15 is 0 Å². The van der Waals surface area contributed by atoms with E-state index in [4.69, 9.17) is 27.4 Å². The maximum atomic E-state index is 10.5. The highest BCUT2D eigenvalue weighted by Gasteiger charge is 2.18. The fraction of sp³-hybridized carbons (Fsp3) is 0.214. The van der Waals surface area contributed by atoms with Crippen molar-refractivity contribution in [3.63, 3.8) is 0 Å². The van der Waals surface area contributed by atoms with Gasteiger partial charge in [-0.15, -0.1) is 0 Å². The number of carbonyl (C=O) groups excluding carboxylic acids is 1. The molecule has 0 saturated carbocycles. The summed E-state index contributed by atoms with van der Waals surface area (Å²) in [5.41, 5.74) is 12.4. The lowest BCUT2D eigenvalue weighted by Gasteiger charge is -2.00. The number of nitrogens with two attached hydrogens (primary N) is 2. The molecule has 7 N–H and O–H groups in total. The van der Waals surface area contributed by atoms with Crippen molar-refractivity contribution in [3.05, 3.63) is 41.1 Å². The van der Waals surface area contributed by atoms with Crippen LogP contribution in [0.4, 0.5) is 0 Å². The number of benzene rings is 1. The molecular weight excluding hydrogens is 256 g/mol. The van der Waals surface area contributed by atoms with E-state index < -0.39 is 5.91 Å². The van der Waals surface area contributed by atoms with Gasteiger partial charge in [-0.05, 0) is 49.1 Å². The molecule has 0 atom stereocenters. The number of aromatic hydroxyl groups is 1. The van der Waals surface area contributed by atoms with Gasteiger partial charge in [0.2, 0.25) is 0 Å². The van der Waals surface area contributed by atoms with Crippen LogP contribution in [0.2, 0.25) is 0 Å². The average molecular weight is 274 g/mol. The summed E-state index contributed by atoms with van der Waals surface area (Å²) in [4.78, 5) is 10.5. The third kappa shape index (κ3) is 4.24. The first kappa shape index (κ1) is 15.4. The Kier molecular flexibility index (Phi) is 5.46. The van der Waals surface area contributed by atoms with Gasteiger partial charge in [0.05, 0.1) is 0 Å². The smallest absolute Gasteiger partial charge is 0.266 e. The van der Waals surface area contributed by atoms with Crippen LogP contribution in [0.25, 0.3) is 0 Å². The standard InChI is InChI=1S/C7H11N3O.C7H7NO/c8-5-3-1-2-4(5)6(9)7(10)11;8-5-6-1-3-7(9)4-2-6/h9H,1-3,8H2,(H2,10,11);1-5,8-9H. The number of rotatable bonds is 3. The van der Waals surface area contributed by atoms with Crippen LogP contribution in [-0.4, -0.2) is 22.9 Å². The van der Waals surface area contributed by atoms with Crippen molar-refractivity contribution in [3.8, 4) is 5.75 Å². The zero-order valence-electron chi connectivity index (χ0n) is 11.0. The van der Waals surface area contributed by atoms with E-state index in [9.17, 15) is 4.79 Å². The Morgan fingerprint density at radius 1 is 1.25 bits per heavy atom. The van der Waals surface area contributed by atoms with Crippen LogP contribution < -0.4 is 11.5 Å². The Balaban J connectivity index is 0.000000204. The van der Waals surface area contributed by atoms with Crippen LogP contribution in [0.15, 0.2) is 35.5 Å². The molecule has 1 aliphatic rings. The van der Waals surface area contributed by atoms with Gasteiger partial charge in [-0.25, -0.2) is 0 Å². The molecule has 0 spiro atoms. The summed E-state index contributed by atoms with van der Waals surface area (Å²) in [5, 5.41) is 22.8. The van der Waals surface area contributed by atoms with Gasteiger partial charge >= 0.3 is 0 Å². The van der Waals surface area contributed by atoms with Gasteiger partial charge < -0.3 is 22.0 Å². The number of amides is 1. The van der Waals surface area contributed by atoms with Crippen LogP contribution >= 0.6 is 0 Å². The van der Waals surface area contributed by atoms with E-state index in [2.05, 4.69) is 0 Å². The van der Waals surface area contributed by atoms with Crippen molar-refractivity contribution >= 4 is 17.8 Å². The largest absolute Gasteiger partial charge is 0.508 e. The van der Waals surface area contributed by atoms with Gasteiger partial charge in [-0.3, -0.25) is 10.2 Å². The minimum atomic E-state index is -0.690. The van der Waals surface area contributed by atoms with Crippen molar-refractivity contribution in [1.82, 2.24) is 0 Å². The summed E-state index contributed by atoms with van der Waals surface area (Å²) >= 11 is 0. The number of hydrogen-bond acceptors (Lipinski definition) is 5. The summed E-state index contributed by atoms with van der Waals surface area (Å²) in [6, 6.07) is 6.48. The molecule has 1 aliphatic carbocycles. The lowest BCUT2D eigenvalue weighted by molar-refractivity contribution is -0.112. The predicted molar refractivity (Wildman–Crippen MR) is 78.0 cm³/mol. The molecule has 0 fully saturated rings. The van der Waals surface area contributed by atoms with Crippen LogP contribution in [0.5, 0.6) is 5.75 Å². The quantitative estimate of drug-likeness (QED) is 0.531. The van der Waals surface area contributed by atoms with Gasteiger partial charge in [0.15, 0.2) is 0 Å². The second kappa shape index (κ2) is 7.08. The number of carbonyl (C=O) groups is 1. The maximum absolute atomic E-state index is 10.5. The molecule has 0 heterocycles. The Hall–Kier alpha value is -2.63. The van der Waals surface area contributed by atoms with Crippen molar-refractivity contribution in [2.75, 3.05) is 0 Å². The molecule has 1 aromatic rings. The maximum Gasteiger partial charge on any atom is 0.266 e. The Morgan fingerprint density at radius 2 is 1.85 bits per heavy atom. The molecule has 0 saturated heterocycles. The number of primary amides is 1. The van der Waals surface area contributed by atoms with Gasteiger partial charge in [0.1, 0.15) is 11.5 Å². The first-order valence-electron chi connectivity index (χ1n) is 6.11. The van der Waals surface area contributed by atoms with E-state index in [1.54, 1.807) is 24.3 Å². The van der Waals surface area contributed by atoms with E-state index in [1.165, 1.54) is 6.21 Å². The molecule has 0 unspecified atom stereocenters. The molecule has 1 amide bonds. The molecule has 106 valence electrons. The van der Waals surface area contributed by atoms with Gasteiger partial charge in [-0.1, -0.05) is 0 Å². The lowest BCUT2D eigenvalue weighted by Crippen LogP contribution is -2.24. The second-order valence-corrected chi connectivity index (χ2v) is 4.33. The fourth-order valence-corrected chi connectivity index (χ4v) is 1.77. The van der Waals surface area contributed by atoms with E-state index in [0.717, 1.165) is 18.4 Å². The highest BCUT2D eigenvalue weighted by atomic mass is 16.3. The zero-order valence-corrected chi connectivity index (χ0v) is 11.0. The Morgan fingerprint density at radius 3 is 2.25 bits per heavy atom. The summed E-state index contributed by atoms with van der Waals surface area (Å²) < 4.78 is 0. The summed E-state index contributed by atoms with van der Waals surface area (Å²) in [7, 11) is 0. The van der Waals surface area contributed by atoms with Crippen LogP contribution in [0.1, 0.15) is 24.8 Å². The first-order chi connectivity index (χ1) is 9.45. The average Bonchev–Trinajstić information content (AvgIpc) is 2.85. The summed E-state index contributed by atoms with van der Waals surface area (Å²) in [6.07, 6.45) is 3.66. The Labute approximate surface area is 117 Å². The van der Waals surface area contributed by atoms with Crippen molar-refractivity contribution < 1.29 is 9.90 Å². The highest BCUT2D eigenvalue weighted by Crippen LogP contribution is 2.22. The molecule has 0 radical (unpaired) electrons. The van der Waals surface area contributed by atoms with Crippen molar-refractivity contribution in [2.24, 2.45) is 11.5 Å². The monoisotopic (exact) mass is 274 g/mol. The van der Waals surface area contributed by atoms with E-state index in [1.807, 2.05) is 0 Å². The van der Waals surface area contributed by atoms with Crippen molar-refractivity contribution in [2.45, 2.75) is 19.3 Å². The van der Waals surface area contributed by atoms with E-state index in [-0.39, 0.29) is 11.5 Å². The van der Waals surface area contributed by atoms with Gasteiger partial charge in [0.25, 0.3) is 5.91 Å². The lowest BCUT2D eigenvalue weighted by atomic mass is 10.1. The summed E-state index contributed by atoms with van der Waals surface area (Å²) in [6.45, 7) is 0. The normalized spacial score (nSPS) is 13.4. The topological polar surface area (TPSA) is 137 Å². The number of allylic oxidation sites excluding steroid dienone is 1. The molecule has 0 aromatic heterocycles. The molecule has 6 nitrogen and oxygen atoms in total. The highest BCUT2D eigenvalue weighted by molar-refractivity contribution is 6.43. The first-order valence-corrected chi connectivity index (χ1v) is 6.11. The van der Waals surface area contributed by atoms with Crippen LogP contribution in [-0.2, 0) is 4.79 Å². The number of hydrogen-bond donors (Lipinski definition) is 5. The van der Waals surface area contributed by atoms with Crippen molar-refractivity contribution in [1.29, 1.82) is 10.8 Å². The zero-order chi connectivity index (χ0) is 15.1. The second-order valence-electron chi connectivity index (χ2n) is 4.33. The van der Waals surface area contributed by atoms with Gasteiger partial charge in [0, 0.05) is 17.5 Å². The molecule has 0 aliphatic heterocycles. The minimum absolute atomic E-state index is 0.125. The third-order valence-electron chi connectivity index (χ3n) is 2.87. The molecule has 1 aromatic carbocycles. The molecule has 0 bridgehead atoms. The molecule has 2 rings (SSSR count). The number of phenolic OH excluding ortho intramolecular Hbond substituents is 1. The van der Waals surface area contributed by atoms with Crippen LogP contribution in [0.3, 0.4) is 0 Å². The molecular formula is C14H18N4O2. The SMILES string of the molecule is N=C(C(N)=O)C1=C(N)CCC1.N=Cc1ccc(O)cc1. The summed E-state index contributed by atoms with van der Waals surface area (Å²) in [5.74, 6) is -0.453. The third-order valence-corrected chi connectivity index (χ3v) is 2.87. The minimum Gasteiger partial charge on any atom is -0.508 e. The van der Waals surface area contributed by atoms with Gasteiger partial charge in [-0.2, -0.15) is 0 Å². The van der Waals surface area contributed by atoms with E-state index in [0.29, 0.717) is 17.7 Å². The number of nitrogens with one attached hydrogen (secondary N) is 2. The fourth-order valence-electron chi connectivity index (χ4n) is 1.77. The van der Waals surface area contributed by atoms with Crippen LogP contribution in [0, 0.1) is 10.8 Å².